The van der Waals surface area contributed by atoms with Crippen molar-refractivity contribution >= 4 is 28.6 Å². The van der Waals surface area contributed by atoms with E-state index in [-0.39, 0.29) is 35.0 Å². The van der Waals surface area contributed by atoms with Crippen molar-refractivity contribution in [3.8, 4) is 5.88 Å². The number of hydrogen-bond donors (Lipinski definition) is 1. The molecule has 3 aliphatic heterocycles. The second kappa shape index (κ2) is 8.96. The molecule has 8 nitrogen and oxygen atoms in total. The van der Waals surface area contributed by atoms with E-state index in [1.165, 1.54) is 25.1 Å². The Bertz CT molecular complexity index is 812. The first-order chi connectivity index (χ1) is 14.2. The first kappa shape index (κ1) is 19.9. The SMILES string of the molecule is COc1ccc(C(=O)NC2=NC(C3CC=CO3)C(C(=O)C3CCOCC3)S2)cn1. The minimum atomic E-state index is -0.368. The lowest BCUT2D eigenvalue weighted by molar-refractivity contribution is -0.125. The number of carbonyl (C=O) groups excluding carboxylic acids is 2. The van der Waals surface area contributed by atoms with Gasteiger partial charge in [-0.1, -0.05) is 11.8 Å². The highest BCUT2D eigenvalue weighted by molar-refractivity contribution is 8.15. The van der Waals surface area contributed by atoms with E-state index in [0.29, 0.717) is 36.2 Å². The zero-order chi connectivity index (χ0) is 20.2. The molecule has 1 aromatic heterocycles. The number of aliphatic imine (C=N–C) groups is 1. The van der Waals surface area contributed by atoms with Gasteiger partial charge in [0, 0.05) is 37.8 Å². The maximum atomic E-state index is 13.2. The van der Waals surface area contributed by atoms with Gasteiger partial charge < -0.3 is 19.5 Å². The average Bonchev–Trinajstić information content (AvgIpc) is 3.44. The molecule has 1 amide bonds. The standard InChI is InChI=1S/C20H23N3O5S/c1-26-15-5-4-13(11-21-15)19(25)23-20-22-16(14-3-2-8-28-14)18(29-20)17(24)12-6-9-27-10-7-12/h2,4-5,8,11-12,14,16,18H,3,6-7,9-10H2,1H3,(H,22,23,25). The van der Waals surface area contributed by atoms with Gasteiger partial charge in [0.1, 0.15) is 12.1 Å². The fourth-order valence-corrected chi connectivity index (χ4v) is 4.89. The van der Waals surface area contributed by atoms with E-state index in [2.05, 4.69) is 15.3 Å². The van der Waals surface area contributed by atoms with Crippen LogP contribution in [-0.2, 0) is 14.3 Å². The van der Waals surface area contributed by atoms with Crippen molar-refractivity contribution in [2.24, 2.45) is 10.9 Å². The molecule has 0 saturated carbocycles. The first-order valence-corrected chi connectivity index (χ1v) is 10.5. The topological polar surface area (TPSA) is 99.1 Å². The summed E-state index contributed by atoms with van der Waals surface area (Å²) < 4.78 is 16.1. The number of methoxy groups -OCH3 is 1. The number of ketones is 1. The van der Waals surface area contributed by atoms with Gasteiger partial charge in [0.2, 0.25) is 5.88 Å². The van der Waals surface area contributed by atoms with Gasteiger partial charge in [-0.15, -0.1) is 0 Å². The van der Waals surface area contributed by atoms with Crippen LogP contribution in [-0.4, -0.2) is 59.6 Å². The summed E-state index contributed by atoms with van der Waals surface area (Å²) in [5.41, 5.74) is 0.392. The molecule has 4 heterocycles. The number of aromatic nitrogens is 1. The highest BCUT2D eigenvalue weighted by Gasteiger charge is 2.44. The van der Waals surface area contributed by atoms with Crippen LogP contribution in [0, 0.1) is 5.92 Å². The molecule has 9 heteroatoms. The van der Waals surface area contributed by atoms with Crippen molar-refractivity contribution in [1.82, 2.24) is 10.3 Å². The normalized spacial score (nSPS) is 26.7. The Morgan fingerprint density at radius 1 is 1.28 bits per heavy atom. The zero-order valence-electron chi connectivity index (χ0n) is 16.1. The fourth-order valence-electron chi connectivity index (χ4n) is 3.63. The minimum absolute atomic E-state index is 0.0332. The molecule has 1 N–H and O–H groups in total. The Hall–Kier alpha value is -2.39. The maximum absolute atomic E-state index is 13.2. The van der Waals surface area contributed by atoms with Gasteiger partial charge in [-0.05, 0) is 25.0 Å². The summed E-state index contributed by atoms with van der Waals surface area (Å²) in [6, 6.07) is 2.93. The number of hydrogen-bond acceptors (Lipinski definition) is 8. The average molecular weight is 417 g/mol. The number of nitrogens with zero attached hydrogens (tertiary/aromatic N) is 2. The number of amides is 1. The molecular formula is C20H23N3O5S. The molecule has 1 saturated heterocycles. The monoisotopic (exact) mass is 417 g/mol. The molecule has 0 bridgehead atoms. The van der Waals surface area contributed by atoms with Crippen LogP contribution in [0.4, 0.5) is 0 Å². The summed E-state index contributed by atoms with van der Waals surface area (Å²) >= 11 is 1.31. The Labute approximate surface area is 173 Å². The molecule has 4 rings (SSSR count). The zero-order valence-corrected chi connectivity index (χ0v) is 16.9. The number of rotatable bonds is 5. The van der Waals surface area contributed by atoms with Gasteiger partial charge in [-0.2, -0.15) is 0 Å². The Morgan fingerprint density at radius 3 is 2.76 bits per heavy atom. The van der Waals surface area contributed by atoms with Crippen molar-refractivity contribution in [3.05, 3.63) is 36.2 Å². The molecule has 1 fully saturated rings. The number of pyridine rings is 1. The van der Waals surface area contributed by atoms with Gasteiger partial charge in [-0.3, -0.25) is 14.6 Å². The molecule has 3 aliphatic rings. The molecule has 29 heavy (non-hydrogen) atoms. The number of thioether (sulfide) groups is 1. The maximum Gasteiger partial charge on any atom is 0.258 e. The van der Waals surface area contributed by atoms with Crippen LogP contribution in [0.25, 0.3) is 0 Å². The predicted octanol–water partition coefficient (Wildman–Crippen LogP) is 1.96. The highest BCUT2D eigenvalue weighted by Crippen LogP contribution is 2.35. The van der Waals surface area contributed by atoms with Crippen LogP contribution in [0.1, 0.15) is 29.6 Å². The highest BCUT2D eigenvalue weighted by atomic mass is 32.2. The number of Topliss-reactive ketones (excluding diaryl/α,β-unsaturated/α-hetero) is 1. The molecule has 0 radical (unpaired) electrons. The van der Waals surface area contributed by atoms with Gasteiger partial charge in [-0.25, -0.2) is 4.98 Å². The van der Waals surface area contributed by atoms with Gasteiger partial charge in [0.15, 0.2) is 11.0 Å². The van der Waals surface area contributed by atoms with Crippen LogP contribution in [0.15, 0.2) is 35.7 Å². The van der Waals surface area contributed by atoms with E-state index in [9.17, 15) is 9.59 Å². The van der Waals surface area contributed by atoms with Crippen molar-refractivity contribution < 1.29 is 23.8 Å². The van der Waals surface area contributed by atoms with Crippen LogP contribution in [0.3, 0.4) is 0 Å². The summed E-state index contributed by atoms with van der Waals surface area (Å²) in [5.74, 6) is 0.240. The quantitative estimate of drug-likeness (QED) is 0.782. The Balaban J connectivity index is 1.47. The third-order valence-electron chi connectivity index (χ3n) is 5.25. The summed E-state index contributed by atoms with van der Waals surface area (Å²) in [6.07, 6.45) is 7.00. The number of ether oxygens (including phenoxy) is 3. The molecule has 0 aromatic carbocycles. The predicted molar refractivity (Wildman–Crippen MR) is 108 cm³/mol. The number of amidine groups is 1. The van der Waals surface area contributed by atoms with Crippen molar-refractivity contribution in [1.29, 1.82) is 0 Å². The molecule has 154 valence electrons. The van der Waals surface area contributed by atoms with E-state index in [4.69, 9.17) is 14.2 Å². The summed E-state index contributed by atoms with van der Waals surface area (Å²) in [4.78, 5) is 34.5. The van der Waals surface area contributed by atoms with E-state index < -0.39 is 0 Å². The lowest BCUT2D eigenvalue weighted by Crippen LogP contribution is -2.40. The number of nitrogens with one attached hydrogen (secondary N) is 1. The van der Waals surface area contributed by atoms with Crippen molar-refractivity contribution in [2.75, 3.05) is 20.3 Å². The fraction of sp³-hybridized carbons (Fsp3) is 0.500. The van der Waals surface area contributed by atoms with Crippen molar-refractivity contribution in [3.63, 3.8) is 0 Å². The lowest BCUT2D eigenvalue weighted by atomic mass is 9.89. The second-order valence-corrected chi connectivity index (χ2v) is 8.21. The largest absolute Gasteiger partial charge is 0.496 e. The van der Waals surface area contributed by atoms with Crippen LogP contribution in [0.2, 0.25) is 0 Å². The van der Waals surface area contributed by atoms with E-state index >= 15 is 0 Å². The van der Waals surface area contributed by atoms with Crippen LogP contribution >= 0.6 is 11.8 Å². The second-order valence-electron chi connectivity index (χ2n) is 7.08. The third-order valence-corrected chi connectivity index (χ3v) is 6.44. The van der Waals surface area contributed by atoms with Crippen LogP contribution < -0.4 is 10.1 Å². The third kappa shape index (κ3) is 4.45. The molecule has 0 spiro atoms. The minimum Gasteiger partial charge on any atom is -0.496 e. The van der Waals surface area contributed by atoms with E-state index in [1.54, 1.807) is 18.4 Å². The van der Waals surface area contributed by atoms with Crippen LogP contribution in [0.5, 0.6) is 5.88 Å². The van der Waals surface area contributed by atoms with Gasteiger partial charge in [0.25, 0.3) is 5.91 Å². The smallest absolute Gasteiger partial charge is 0.258 e. The number of carbonyl (C=O) groups is 2. The van der Waals surface area contributed by atoms with E-state index in [0.717, 1.165) is 12.8 Å². The Kier molecular flexibility index (Phi) is 6.15. The van der Waals surface area contributed by atoms with Crippen molar-refractivity contribution in [2.45, 2.75) is 36.7 Å². The first-order valence-electron chi connectivity index (χ1n) is 9.63. The lowest BCUT2D eigenvalue weighted by Gasteiger charge is -2.27. The summed E-state index contributed by atoms with van der Waals surface area (Å²) in [6.45, 7) is 1.21. The summed E-state index contributed by atoms with van der Waals surface area (Å²) in [5, 5.41) is 2.89. The molecule has 3 unspecified atom stereocenters. The summed E-state index contributed by atoms with van der Waals surface area (Å²) in [7, 11) is 1.52. The molecule has 3 atom stereocenters. The molecule has 0 aliphatic carbocycles. The molecular weight excluding hydrogens is 394 g/mol. The van der Waals surface area contributed by atoms with Gasteiger partial charge in [0.05, 0.1) is 24.2 Å². The van der Waals surface area contributed by atoms with Gasteiger partial charge >= 0.3 is 0 Å². The molecule has 1 aromatic rings. The van der Waals surface area contributed by atoms with E-state index in [1.807, 2.05) is 6.08 Å². The Morgan fingerprint density at radius 2 is 2.10 bits per heavy atom.